The molecule has 1 spiro atoms. The molecule has 0 saturated carbocycles. The standard InChI is InChI=1S/C21H25ClN4O/c1-25-11-8-21(9-12-25)7-4-10-26(15-21)20(27)16-13-23-19(24-14-16)17-5-2-3-6-18(17)22/h2-3,5-6,13-14H,4,7-12,15H2,1H3. The van der Waals surface area contributed by atoms with E-state index in [0.29, 0.717) is 21.8 Å². The highest BCUT2D eigenvalue weighted by molar-refractivity contribution is 6.33. The van der Waals surface area contributed by atoms with Gasteiger partial charge in [0.15, 0.2) is 5.82 Å². The van der Waals surface area contributed by atoms with Crippen LogP contribution < -0.4 is 0 Å². The fourth-order valence-electron chi connectivity index (χ4n) is 4.28. The second kappa shape index (κ2) is 7.56. The first kappa shape index (κ1) is 18.4. The number of carbonyl (C=O) groups is 1. The number of halogens is 1. The SMILES string of the molecule is CN1CCC2(CCCN(C(=O)c3cnc(-c4ccccc4Cl)nc3)C2)CC1. The van der Waals surface area contributed by atoms with Gasteiger partial charge in [-0.15, -0.1) is 0 Å². The van der Waals surface area contributed by atoms with Gasteiger partial charge in [-0.05, 0) is 63.4 Å². The average Bonchev–Trinajstić information content (AvgIpc) is 2.71. The topological polar surface area (TPSA) is 49.3 Å². The fraction of sp³-hybridized carbons (Fsp3) is 0.476. The molecule has 2 aliphatic rings. The van der Waals surface area contributed by atoms with E-state index in [-0.39, 0.29) is 5.91 Å². The van der Waals surface area contributed by atoms with Gasteiger partial charge < -0.3 is 9.80 Å². The monoisotopic (exact) mass is 384 g/mol. The molecule has 2 saturated heterocycles. The lowest BCUT2D eigenvalue weighted by Gasteiger charge is -2.47. The lowest BCUT2D eigenvalue weighted by molar-refractivity contribution is 0.0261. The lowest BCUT2D eigenvalue weighted by Crippen LogP contribution is -2.50. The minimum absolute atomic E-state index is 0.0405. The van der Waals surface area contributed by atoms with E-state index in [4.69, 9.17) is 11.6 Å². The molecule has 2 aliphatic heterocycles. The zero-order valence-corrected chi connectivity index (χ0v) is 16.5. The summed E-state index contributed by atoms with van der Waals surface area (Å²) in [7, 11) is 2.18. The van der Waals surface area contributed by atoms with Crippen LogP contribution in [0.1, 0.15) is 36.0 Å². The van der Waals surface area contributed by atoms with Gasteiger partial charge in [-0.2, -0.15) is 0 Å². The van der Waals surface area contributed by atoms with Crippen LogP contribution in [0.2, 0.25) is 5.02 Å². The highest BCUT2D eigenvalue weighted by Crippen LogP contribution is 2.39. The maximum absolute atomic E-state index is 13.0. The minimum Gasteiger partial charge on any atom is -0.338 e. The number of nitrogens with zero attached hydrogens (tertiary/aromatic N) is 4. The van der Waals surface area contributed by atoms with Crippen LogP contribution in [0.4, 0.5) is 0 Å². The molecule has 5 nitrogen and oxygen atoms in total. The van der Waals surface area contributed by atoms with Gasteiger partial charge in [-0.25, -0.2) is 9.97 Å². The van der Waals surface area contributed by atoms with E-state index in [1.165, 1.54) is 19.3 Å². The smallest absolute Gasteiger partial charge is 0.257 e. The highest BCUT2D eigenvalue weighted by atomic mass is 35.5. The fourth-order valence-corrected chi connectivity index (χ4v) is 4.51. The van der Waals surface area contributed by atoms with E-state index in [1.807, 2.05) is 29.2 Å². The van der Waals surface area contributed by atoms with Gasteiger partial charge in [0.1, 0.15) is 0 Å². The van der Waals surface area contributed by atoms with E-state index in [1.54, 1.807) is 12.4 Å². The Kier molecular flexibility index (Phi) is 5.15. The average molecular weight is 385 g/mol. The van der Waals surface area contributed by atoms with Gasteiger partial charge in [0.25, 0.3) is 5.91 Å². The van der Waals surface area contributed by atoms with Crippen molar-refractivity contribution in [2.24, 2.45) is 5.41 Å². The Labute approximate surface area is 165 Å². The van der Waals surface area contributed by atoms with Gasteiger partial charge in [-0.3, -0.25) is 4.79 Å². The van der Waals surface area contributed by atoms with Crippen LogP contribution in [0.5, 0.6) is 0 Å². The Morgan fingerprint density at radius 3 is 2.48 bits per heavy atom. The second-order valence-corrected chi connectivity index (χ2v) is 8.32. The molecule has 6 heteroatoms. The number of aromatic nitrogens is 2. The van der Waals surface area contributed by atoms with E-state index in [0.717, 1.165) is 38.2 Å². The minimum atomic E-state index is 0.0405. The molecule has 27 heavy (non-hydrogen) atoms. The molecule has 1 amide bonds. The third-order valence-corrected chi connectivity index (χ3v) is 6.34. The highest BCUT2D eigenvalue weighted by Gasteiger charge is 2.39. The number of likely N-dealkylation sites (tertiary alicyclic amines) is 2. The molecule has 0 N–H and O–H groups in total. The molecule has 4 rings (SSSR count). The van der Waals surface area contributed by atoms with Gasteiger partial charge in [0, 0.05) is 31.0 Å². The molecule has 1 aromatic heterocycles. The summed E-state index contributed by atoms with van der Waals surface area (Å²) in [4.78, 5) is 26.2. The Hall–Kier alpha value is -1.98. The maximum Gasteiger partial charge on any atom is 0.257 e. The van der Waals surface area contributed by atoms with E-state index in [9.17, 15) is 4.79 Å². The summed E-state index contributed by atoms with van der Waals surface area (Å²) in [6.45, 7) is 3.92. The summed E-state index contributed by atoms with van der Waals surface area (Å²) in [5.74, 6) is 0.585. The number of piperidine rings is 2. The summed E-state index contributed by atoms with van der Waals surface area (Å²) in [6.07, 6.45) is 7.92. The van der Waals surface area contributed by atoms with Crippen LogP contribution in [0.3, 0.4) is 0 Å². The van der Waals surface area contributed by atoms with E-state index < -0.39 is 0 Å². The number of amides is 1. The maximum atomic E-state index is 13.0. The van der Waals surface area contributed by atoms with Crippen molar-refractivity contribution in [2.45, 2.75) is 25.7 Å². The molecule has 2 fully saturated rings. The van der Waals surface area contributed by atoms with Crippen molar-refractivity contribution in [1.82, 2.24) is 19.8 Å². The predicted octanol–water partition coefficient (Wildman–Crippen LogP) is 3.75. The molecule has 0 radical (unpaired) electrons. The van der Waals surface area contributed by atoms with Crippen molar-refractivity contribution >= 4 is 17.5 Å². The molecule has 1 aromatic carbocycles. The van der Waals surface area contributed by atoms with Crippen LogP contribution in [-0.4, -0.2) is 58.9 Å². The third-order valence-electron chi connectivity index (χ3n) is 6.01. The van der Waals surface area contributed by atoms with Gasteiger partial charge in [0.05, 0.1) is 10.6 Å². The molecule has 2 aromatic rings. The van der Waals surface area contributed by atoms with Crippen molar-refractivity contribution in [3.8, 4) is 11.4 Å². The van der Waals surface area contributed by atoms with Crippen molar-refractivity contribution < 1.29 is 4.79 Å². The Balaban J connectivity index is 1.48. The number of carbonyl (C=O) groups excluding carboxylic acids is 1. The molecule has 0 bridgehead atoms. The Morgan fingerprint density at radius 1 is 1.07 bits per heavy atom. The van der Waals surface area contributed by atoms with Crippen molar-refractivity contribution in [1.29, 1.82) is 0 Å². The second-order valence-electron chi connectivity index (χ2n) is 7.91. The molecule has 142 valence electrons. The third kappa shape index (κ3) is 3.85. The Morgan fingerprint density at radius 2 is 1.78 bits per heavy atom. The number of benzene rings is 1. The van der Waals surface area contributed by atoms with E-state index >= 15 is 0 Å². The molecular formula is C21H25ClN4O. The largest absolute Gasteiger partial charge is 0.338 e. The summed E-state index contributed by atoms with van der Waals surface area (Å²) in [6, 6.07) is 7.47. The van der Waals surface area contributed by atoms with Crippen LogP contribution >= 0.6 is 11.6 Å². The van der Waals surface area contributed by atoms with Crippen molar-refractivity contribution in [3.05, 3.63) is 47.2 Å². The van der Waals surface area contributed by atoms with Gasteiger partial charge >= 0.3 is 0 Å². The molecule has 0 aliphatic carbocycles. The van der Waals surface area contributed by atoms with Crippen molar-refractivity contribution in [3.63, 3.8) is 0 Å². The number of hydrogen-bond donors (Lipinski definition) is 0. The van der Waals surface area contributed by atoms with Gasteiger partial charge in [0.2, 0.25) is 0 Å². The van der Waals surface area contributed by atoms with Crippen LogP contribution in [0, 0.1) is 5.41 Å². The normalized spacial score (nSPS) is 20.0. The number of rotatable bonds is 2. The quantitative estimate of drug-likeness (QED) is 0.791. The molecular weight excluding hydrogens is 360 g/mol. The molecule has 0 atom stereocenters. The van der Waals surface area contributed by atoms with E-state index in [2.05, 4.69) is 21.9 Å². The van der Waals surface area contributed by atoms with Crippen molar-refractivity contribution in [2.75, 3.05) is 33.2 Å². The number of hydrogen-bond acceptors (Lipinski definition) is 4. The van der Waals surface area contributed by atoms with Crippen LogP contribution in [-0.2, 0) is 0 Å². The Bertz CT molecular complexity index is 815. The van der Waals surface area contributed by atoms with Crippen LogP contribution in [0.15, 0.2) is 36.7 Å². The summed E-state index contributed by atoms with van der Waals surface area (Å²) < 4.78 is 0. The summed E-state index contributed by atoms with van der Waals surface area (Å²) in [5.41, 5.74) is 1.62. The summed E-state index contributed by atoms with van der Waals surface area (Å²) in [5, 5.41) is 0.608. The zero-order chi connectivity index (χ0) is 18.9. The first-order valence-electron chi connectivity index (χ1n) is 9.61. The first-order valence-corrected chi connectivity index (χ1v) is 9.99. The summed E-state index contributed by atoms with van der Waals surface area (Å²) >= 11 is 6.22. The van der Waals surface area contributed by atoms with Crippen LogP contribution in [0.25, 0.3) is 11.4 Å². The zero-order valence-electron chi connectivity index (χ0n) is 15.7. The molecule has 0 unspecified atom stereocenters. The lowest BCUT2D eigenvalue weighted by atomic mass is 9.72. The molecule has 3 heterocycles. The predicted molar refractivity (Wildman–Crippen MR) is 107 cm³/mol. The first-order chi connectivity index (χ1) is 13.1. The van der Waals surface area contributed by atoms with Gasteiger partial charge in [-0.1, -0.05) is 23.7 Å².